The van der Waals surface area contributed by atoms with Crippen molar-refractivity contribution < 1.29 is 9.09 Å². The molecule has 0 rings (SSSR count). The van der Waals surface area contributed by atoms with Gasteiger partial charge in [0.15, 0.2) is 0 Å². The number of rotatable bonds is 11. The lowest BCUT2D eigenvalue weighted by molar-refractivity contribution is 0.188. The van der Waals surface area contributed by atoms with Crippen molar-refractivity contribution in [3.8, 4) is 0 Å². The van der Waals surface area contributed by atoms with Gasteiger partial charge >= 0.3 is 0 Å². The van der Waals surface area contributed by atoms with Crippen molar-refractivity contribution in [2.75, 3.05) is 19.3 Å². The van der Waals surface area contributed by atoms with E-state index in [0.717, 1.165) is 45.2 Å². The molecule has 0 saturated carbocycles. The van der Waals surface area contributed by atoms with Gasteiger partial charge in [0.25, 0.3) is 7.52 Å². The van der Waals surface area contributed by atoms with Gasteiger partial charge in [-0.15, -0.1) is 0 Å². The summed E-state index contributed by atoms with van der Waals surface area (Å²) in [5.41, 5.74) is 0. The molecule has 0 spiro atoms. The summed E-state index contributed by atoms with van der Waals surface area (Å²) in [6, 6.07) is 0. The Bertz CT molecular complexity index is 240. The van der Waals surface area contributed by atoms with E-state index >= 15 is 0 Å². The van der Waals surface area contributed by atoms with Gasteiger partial charge in [-0.2, -0.15) is 0 Å². The predicted molar refractivity (Wildman–Crippen MR) is 80.4 cm³/mol. The third-order valence-electron chi connectivity index (χ3n) is 3.11. The van der Waals surface area contributed by atoms with Crippen LogP contribution in [0.5, 0.6) is 0 Å². The Hall–Kier alpha value is 0.150. The molecular formula is C14H32NO2P. The van der Waals surface area contributed by atoms with Gasteiger partial charge in [0.1, 0.15) is 0 Å². The van der Waals surface area contributed by atoms with Crippen LogP contribution in [0, 0.1) is 0 Å². The lowest BCUT2D eigenvalue weighted by Crippen LogP contribution is -2.27. The summed E-state index contributed by atoms with van der Waals surface area (Å²) in [6.07, 6.45) is 5.82. The Morgan fingerprint density at radius 3 is 2.00 bits per heavy atom. The molecule has 3 nitrogen and oxygen atoms in total. The number of unbranched alkanes of at least 4 members (excludes halogenated alkanes) is 1. The molecule has 2 atom stereocenters. The maximum absolute atomic E-state index is 13.1. The van der Waals surface area contributed by atoms with Crippen molar-refractivity contribution in [3.63, 3.8) is 0 Å². The van der Waals surface area contributed by atoms with E-state index in [-0.39, 0.29) is 6.10 Å². The highest BCUT2D eigenvalue weighted by molar-refractivity contribution is 7.56. The topological polar surface area (TPSA) is 29.5 Å². The van der Waals surface area contributed by atoms with E-state index in [9.17, 15) is 4.57 Å². The summed E-state index contributed by atoms with van der Waals surface area (Å²) in [5.74, 6) is 0. The van der Waals surface area contributed by atoms with Gasteiger partial charge in [0.05, 0.1) is 6.10 Å². The second-order valence-electron chi connectivity index (χ2n) is 4.99. The zero-order valence-electron chi connectivity index (χ0n) is 12.9. The van der Waals surface area contributed by atoms with Gasteiger partial charge in [-0.3, -0.25) is 4.57 Å². The fourth-order valence-electron chi connectivity index (χ4n) is 1.91. The van der Waals surface area contributed by atoms with Gasteiger partial charge in [-0.1, -0.05) is 34.1 Å². The average molecular weight is 277 g/mol. The molecule has 0 aliphatic carbocycles. The van der Waals surface area contributed by atoms with Crippen LogP contribution in [-0.2, 0) is 9.09 Å². The molecule has 110 valence electrons. The Labute approximate surface area is 114 Å². The van der Waals surface area contributed by atoms with Crippen molar-refractivity contribution in [1.82, 2.24) is 4.67 Å². The monoisotopic (exact) mass is 277 g/mol. The van der Waals surface area contributed by atoms with E-state index in [4.69, 9.17) is 4.52 Å². The van der Waals surface area contributed by atoms with Crippen LogP contribution in [0.2, 0.25) is 0 Å². The quantitative estimate of drug-likeness (QED) is 0.502. The molecule has 4 heteroatoms. The van der Waals surface area contributed by atoms with Crippen molar-refractivity contribution in [1.29, 1.82) is 0 Å². The average Bonchev–Trinajstić information content (AvgIpc) is 2.36. The van der Waals surface area contributed by atoms with Gasteiger partial charge in [0.2, 0.25) is 0 Å². The van der Waals surface area contributed by atoms with Crippen LogP contribution in [0.25, 0.3) is 0 Å². The molecule has 18 heavy (non-hydrogen) atoms. The highest BCUT2D eigenvalue weighted by Crippen LogP contribution is 2.53. The normalized spacial score (nSPS) is 16.8. The SMILES string of the molecule is CCCCP(=O)(OC(C)CC)N(CCC)CCC. The molecule has 2 unspecified atom stereocenters. The molecule has 0 aromatic rings. The fraction of sp³-hybridized carbons (Fsp3) is 1.00. The van der Waals surface area contributed by atoms with E-state index in [1.807, 2.05) is 6.92 Å². The van der Waals surface area contributed by atoms with E-state index in [0.29, 0.717) is 6.16 Å². The van der Waals surface area contributed by atoms with Crippen molar-refractivity contribution in [3.05, 3.63) is 0 Å². The first-order valence-electron chi connectivity index (χ1n) is 7.56. The number of hydrogen-bond acceptors (Lipinski definition) is 2. The van der Waals surface area contributed by atoms with Gasteiger partial charge in [-0.05, 0) is 32.6 Å². The minimum atomic E-state index is -2.62. The van der Waals surface area contributed by atoms with E-state index in [1.54, 1.807) is 0 Å². The Morgan fingerprint density at radius 2 is 1.61 bits per heavy atom. The summed E-state index contributed by atoms with van der Waals surface area (Å²) in [4.78, 5) is 0. The first kappa shape index (κ1) is 18.1. The van der Waals surface area contributed by atoms with Crippen molar-refractivity contribution in [2.45, 2.75) is 72.8 Å². The van der Waals surface area contributed by atoms with Crippen LogP contribution in [0.4, 0.5) is 0 Å². The van der Waals surface area contributed by atoms with Gasteiger partial charge in [-0.25, -0.2) is 4.67 Å². The second kappa shape index (κ2) is 10.00. The summed E-state index contributed by atoms with van der Waals surface area (Å²) in [7, 11) is -2.62. The molecule has 0 amide bonds. The molecule has 0 N–H and O–H groups in total. The molecule has 0 heterocycles. The van der Waals surface area contributed by atoms with Gasteiger partial charge in [0, 0.05) is 19.3 Å². The van der Waals surface area contributed by atoms with Crippen LogP contribution in [0.1, 0.15) is 66.7 Å². The van der Waals surface area contributed by atoms with Crippen LogP contribution in [0.15, 0.2) is 0 Å². The molecule has 0 aliphatic rings. The van der Waals surface area contributed by atoms with E-state index in [2.05, 4.69) is 32.4 Å². The van der Waals surface area contributed by atoms with Crippen LogP contribution in [0.3, 0.4) is 0 Å². The molecule has 0 aromatic carbocycles. The Balaban J connectivity index is 4.82. The zero-order valence-corrected chi connectivity index (χ0v) is 13.8. The summed E-state index contributed by atoms with van der Waals surface area (Å²) in [5, 5.41) is 0. The predicted octanol–water partition coefficient (Wildman–Crippen LogP) is 4.92. The maximum Gasteiger partial charge on any atom is 0.272 e. The van der Waals surface area contributed by atoms with Crippen LogP contribution >= 0.6 is 7.52 Å². The smallest absolute Gasteiger partial charge is 0.272 e. The van der Waals surface area contributed by atoms with Crippen LogP contribution < -0.4 is 0 Å². The summed E-state index contributed by atoms with van der Waals surface area (Å²) >= 11 is 0. The first-order valence-corrected chi connectivity index (χ1v) is 9.33. The van der Waals surface area contributed by atoms with Crippen molar-refractivity contribution >= 4 is 7.52 Å². The first-order chi connectivity index (χ1) is 8.53. The molecule has 0 aromatic heterocycles. The molecule has 0 bridgehead atoms. The standard InChI is InChI=1S/C14H32NO2P/c1-6-10-13-18(16,17-14(5)9-4)15(11-7-2)12-8-3/h14H,6-13H2,1-5H3. The third kappa shape index (κ3) is 6.36. The molecule has 0 aliphatic heterocycles. The maximum atomic E-state index is 13.1. The highest BCUT2D eigenvalue weighted by Gasteiger charge is 2.31. The molecule has 0 radical (unpaired) electrons. The molecular weight excluding hydrogens is 245 g/mol. The van der Waals surface area contributed by atoms with Crippen molar-refractivity contribution in [2.24, 2.45) is 0 Å². The number of nitrogens with zero attached hydrogens (tertiary/aromatic N) is 1. The lowest BCUT2D eigenvalue weighted by Gasteiger charge is -2.32. The lowest BCUT2D eigenvalue weighted by atomic mass is 10.3. The van der Waals surface area contributed by atoms with Gasteiger partial charge < -0.3 is 4.52 Å². The number of hydrogen-bond donors (Lipinski definition) is 0. The largest absolute Gasteiger partial charge is 0.314 e. The van der Waals surface area contributed by atoms with E-state index < -0.39 is 7.52 Å². The molecule has 0 fully saturated rings. The Morgan fingerprint density at radius 1 is 1.06 bits per heavy atom. The van der Waals surface area contributed by atoms with E-state index in [1.165, 1.54) is 0 Å². The fourth-order valence-corrected chi connectivity index (χ4v) is 4.87. The minimum Gasteiger partial charge on any atom is -0.314 e. The summed E-state index contributed by atoms with van der Waals surface area (Å²) in [6.45, 7) is 12.3. The second-order valence-corrected chi connectivity index (χ2v) is 7.49. The Kier molecular flexibility index (Phi) is 10.1. The van der Waals surface area contributed by atoms with Crippen LogP contribution in [-0.4, -0.2) is 30.0 Å². The highest BCUT2D eigenvalue weighted by atomic mass is 31.2. The zero-order chi connectivity index (χ0) is 14.0. The summed E-state index contributed by atoms with van der Waals surface area (Å²) < 4.78 is 21.2. The third-order valence-corrected chi connectivity index (χ3v) is 5.94. The minimum absolute atomic E-state index is 0.0869. The molecule has 0 saturated heterocycles.